The molecular formula is C4H6N2O6. The second kappa shape index (κ2) is 2.99. The van der Waals surface area contributed by atoms with Gasteiger partial charge in [-0.05, 0) is 0 Å². The van der Waals surface area contributed by atoms with Gasteiger partial charge in [0.15, 0.2) is 0 Å². The molecule has 0 aromatic rings. The third-order valence-corrected chi connectivity index (χ3v) is 1.42. The fourth-order valence-electron chi connectivity index (χ4n) is 0.788. The average molecular weight is 178 g/mol. The van der Waals surface area contributed by atoms with Crippen molar-refractivity contribution < 1.29 is 19.3 Å². The normalized spacial score (nSPS) is 21.7. The zero-order valence-corrected chi connectivity index (χ0v) is 5.97. The molecule has 0 aromatic heterocycles. The molecule has 12 heavy (non-hydrogen) atoms. The van der Waals surface area contributed by atoms with Crippen molar-refractivity contribution in [3.8, 4) is 0 Å². The van der Waals surface area contributed by atoms with Gasteiger partial charge in [0.1, 0.15) is 9.85 Å². The van der Waals surface area contributed by atoms with Gasteiger partial charge in [-0.3, -0.25) is 20.2 Å². The Labute approximate surface area is 66.4 Å². The zero-order valence-electron chi connectivity index (χ0n) is 5.97. The van der Waals surface area contributed by atoms with Crippen molar-refractivity contribution in [2.75, 3.05) is 19.8 Å². The minimum Gasteiger partial charge on any atom is -0.362 e. The molecule has 0 saturated carbocycles. The highest BCUT2D eigenvalue weighted by Gasteiger charge is 2.60. The molecule has 0 N–H and O–H groups in total. The molecule has 0 amide bonds. The quantitative estimate of drug-likeness (QED) is 0.312. The first-order valence-corrected chi connectivity index (χ1v) is 3.10. The van der Waals surface area contributed by atoms with Gasteiger partial charge >= 0.3 is 5.85 Å². The van der Waals surface area contributed by atoms with Crippen LogP contribution >= 0.6 is 0 Å². The molecule has 1 rings (SSSR count). The third-order valence-electron chi connectivity index (χ3n) is 1.42. The molecule has 0 bridgehead atoms. The van der Waals surface area contributed by atoms with Crippen LogP contribution in [0.3, 0.4) is 0 Å². The Bertz CT molecular complexity index is 194. The van der Waals surface area contributed by atoms with E-state index in [0.717, 1.165) is 0 Å². The minimum atomic E-state index is -2.60. The van der Waals surface area contributed by atoms with Crippen LogP contribution in [0.5, 0.6) is 0 Å². The van der Waals surface area contributed by atoms with Crippen molar-refractivity contribution in [3.63, 3.8) is 0 Å². The first-order valence-electron chi connectivity index (χ1n) is 3.10. The maximum atomic E-state index is 10.3. The van der Waals surface area contributed by atoms with Crippen molar-refractivity contribution in [2.45, 2.75) is 5.85 Å². The van der Waals surface area contributed by atoms with Gasteiger partial charge in [-0.1, -0.05) is 0 Å². The lowest BCUT2D eigenvalue weighted by Crippen LogP contribution is -2.55. The molecule has 0 aromatic carbocycles. The van der Waals surface area contributed by atoms with E-state index in [1.165, 1.54) is 0 Å². The van der Waals surface area contributed by atoms with Crippen LogP contribution in [-0.2, 0) is 9.47 Å². The van der Waals surface area contributed by atoms with Gasteiger partial charge in [0.25, 0.3) is 0 Å². The van der Waals surface area contributed by atoms with Crippen LogP contribution in [0.2, 0.25) is 0 Å². The summed E-state index contributed by atoms with van der Waals surface area (Å²) in [6.45, 7) is -0.640. The summed E-state index contributed by atoms with van der Waals surface area (Å²) in [4.78, 5) is 18.4. The van der Waals surface area contributed by atoms with E-state index in [-0.39, 0.29) is 13.2 Å². The van der Waals surface area contributed by atoms with E-state index in [0.29, 0.717) is 0 Å². The molecule has 68 valence electrons. The fourth-order valence-corrected chi connectivity index (χ4v) is 0.788. The smallest absolute Gasteiger partial charge is 0.362 e. The molecule has 0 spiro atoms. The molecule has 0 unspecified atom stereocenters. The van der Waals surface area contributed by atoms with Gasteiger partial charge in [0.05, 0.1) is 13.2 Å². The van der Waals surface area contributed by atoms with Crippen molar-refractivity contribution in [2.24, 2.45) is 0 Å². The summed E-state index contributed by atoms with van der Waals surface area (Å²) < 4.78 is 9.07. The van der Waals surface area contributed by atoms with Gasteiger partial charge in [-0.2, -0.15) is 0 Å². The molecule has 8 nitrogen and oxygen atoms in total. The van der Waals surface area contributed by atoms with Gasteiger partial charge in [0.2, 0.25) is 6.61 Å². The van der Waals surface area contributed by atoms with Crippen molar-refractivity contribution in [1.29, 1.82) is 0 Å². The van der Waals surface area contributed by atoms with Crippen LogP contribution in [-0.4, -0.2) is 35.5 Å². The van der Waals surface area contributed by atoms with Crippen molar-refractivity contribution in [1.82, 2.24) is 0 Å². The van der Waals surface area contributed by atoms with E-state index in [9.17, 15) is 20.2 Å². The van der Waals surface area contributed by atoms with E-state index in [1.807, 2.05) is 0 Å². The van der Waals surface area contributed by atoms with Gasteiger partial charge in [0, 0.05) is 0 Å². The summed E-state index contributed by atoms with van der Waals surface area (Å²) >= 11 is 0. The standard InChI is InChI=1S/C4H6N2O6/c7-5(8)4(6(9)10)3-11-1-2-12-4/h1-3H2. The Kier molecular flexibility index (Phi) is 2.20. The number of nitro groups is 2. The summed E-state index contributed by atoms with van der Waals surface area (Å²) in [6.07, 6.45) is 0. The van der Waals surface area contributed by atoms with Crippen LogP contribution in [0.1, 0.15) is 0 Å². The molecule has 1 aliphatic heterocycles. The van der Waals surface area contributed by atoms with E-state index < -0.39 is 22.3 Å². The second-order valence-electron chi connectivity index (χ2n) is 2.16. The topological polar surface area (TPSA) is 105 Å². The summed E-state index contributed by atoms with van der Waals surface area (Å²) in [6, 6.07) is 0. The highest BCUT2D eigenvalue weighted by atomic mass is 16.8. The second-order valence-corrected chi connectivity index (χ2v) is 2.16. The molecule has 8 heteroatoms. The summed E-state index contributed by atoms with van der Waals surface area (Å²) in [5.41, 5.74) is 0. The molecular weight excluding hydrogens is 172 g/mol. The van der Waals surface area contributed by atoms with Gasteiger partial charge in [-0.25, -0.2) is 4.74 Å². The molecule has 1 saturated heterocycles. The van der Waals surface area contributed by atoms with E-state index in [2.05, 4.69) is 9.47 Å². The third kappa shape index (κ3) is 1.21. The lowest BCUT2D eigenvalue weighted by Gasteiger charge is -2.20. The minimum absolute atomic E-state index is 0.137. The number of ether oxygens (including phenoxy) is 2. The van der Waals surface area contributed by atoms with Crippen LogP contribution in [0.15, 0.2) is 0 Å². The Morgan fingerprint density at radius 2 is 1.75 bits per heavy atom. The average Bonchev–Trinajstić information content (AvgIpc) is 2.05. The van der Waals surface area contributed by atoms with Gasteiger partial charge in [-0.15, -0.1) is 0 Å². The van der Waals surface area contributed by atoms with Crippen LogP contribution < -0.4 is 0 Å². The van der Waals surface area contributed by atoms with E-state index in [4.69, 9.17) is 0 Å². The van der Waals surface area contributed by atoms with Crippen LogP contribution in [0, 0.1) is 20.2 Å². The number of hydrogen-bond donors (Lipinski definition) is 0. The molecule has 0 radical (unpaired) electrons. The Hall–Kier alpha value is -1.28. The monoisotopic (exact) mass is 178 g/mol. The summed E-state index contributed by atoms with van der Waals surface area (Å²) in [5, 5.41) is 20.6. The molecule has 0 aliphatic carbocycles. The predicted molar refractivity (Wildman–Crippen MR) is 33.5 cm³/mol. The summed E-state index contributed by atoms with van der Waals surface area (Å²) in [7, 11) is 0. The zero-order chi connectivity index (χ0) is 9.19. The van der Waals surface area contributed by atoms with E-state index >= 15 is 0 Å². The van der Waals surface area contributed by atoms with Crippen LogP contribution in [0.4, 0.5) is 0 Å². The number of hydrogen-bond acceptors (Lipinski definition) is 6. The Balaban J connectivity index is 2.84. The highest BCUT2D eigenvalue weighted by molar-refractivity contribution is 4.57. The molecule has 1 aliphatic rings. The first-order chi connectivity index (χ1) is 5.59. The Morgan fingerprint density at radius 3 is 2.00 bits per heavy atom. The molecule has 1 heterocycles. The lowest BCUT2D eigenvalue weighted by atomic mass is 10.4. The molecule has 0 atom stereocenters. The van der Waals surface area contributed by atoms with Crippen LogP contribution in [0.25, 0.3) is 0 Å². The lowest BCUT2D eigenvalue weighted by molar-refractivity contribution is -0.856. The highest BCUT2D eigenvalue weighted by Crippen LogP contribution is 2.17. The van der Waals surface area contributed by atoms with Gasteiger partial charge < -0.3 is 4.74 Å². The number of nitrogens with zero attached hydrogens (tertiary/aromatic N) is 2. The van der Waals surface area contributed by atoms with E-state index in [1.54, 1.807) is 0 Å². The Morgan fingerprint density at radius 1 is 1.17 bits per heavy atom. The largest absolute Gasteiger partial charge is 0.602 e. The molecule has 1 fully saturated rings. The fraction of sp³-hybridized carbons (Fsp3) is 1.00. The maximum absolute atomic E-state index is 10.3. The maximum Gasteiger partial charge on any atom is 0.602 e. The first kappa shape index (κ1) is 8.81. The van der Waals surface area contributed by atoms with Crippen molar-refractivity contribution >= 4 is 0 Å². The van der Waals surface area contributed by atoms with Crippen molar-refractivity contribution in [3.05, 3.63) is 20.2 Å². The predicted octanol–water partition coefficient (Wildman–Crippen LogP) is -0.760. The number of rotatable bonds is 2. The SMILES string of the molecule is O=[N+]([O-])C1([N+](=O)[O-])COCCO1. The summed E-state index contributed by atoms with van der Waals surface area (Å²) in [5.74, 6) is -2.60.